The van der Waals surface area contributed by atoms with E-state index in [2.05, 4.69) is 19.9 Å². The van der Waals surface area contributed by atoms with E-state index in [1.165, 1.54) is 25.7 Å². The van der Waals surface area contributed by atoms with Crippen LogP contribution in [0.5, 0.6) is 0 Å². The quantitative estimate of drug-likeness (QED) is 0.580. The predicted octanol–water partition coefficient (Wildman–Crippen LogP) is 1.06. The minimum atomic E-state index is -2.17. The van der Waals surface area contributed by atoms with Crippen molar-refractivity contribution < 1.29 is 15.1 Å². The molecule has 0 bridgehead atoms. The van der Waals surface area contributed by atoms with Gasteiger partial charge in [-0.3, -0.25) is 0 Å². The molecule has 14 heavy (non-hydrogen) atoms. The lowest BCUT2D eigenvalue weighted by Crippen LogP contribution is -2.07. The molecule has 0 unspecified atom stereocenters. The third-order valence-corrected chi connectivity index (χ3v) is 1.77. The summed E-state index contributed by atoms with van der Waals surface area (Å²) in [6.07, 6.45) is 5.63. The number of nitrogens with zero attached hydrogens (tertiary/aromatic N) is 1. The van der Waals surface area contributed by atoms with E-state index in [0.717, 1.165) is 6.42 Å². The summed E-state index contributed by atoms with van der Waals surface area (Å²) in [5, 5.41) is 29.9. The molecule has 0 radical (unpaired) electrons. The SMILES string of the molecule is CCCC(CC#N)CCC.OB(O)O. The third-order valence-electron chi connectivity index (χ3n) is 1.77. The average molecular weight is 201 g/mol. The summed E-state index contributed by atoms with van der Waals surface area (Å²) in [6, 6.07) is 2.24. The van der Waals surface area contributed by atoms with Crippen LogP contribution in [0.1, 0.15) is 46.0 Å². The number of hydrogen-bond donors (Lipinski definition) is 3. The first-order valence-corrected chi connectivity index (χ1v) is 4.99. The van der Waals surface area contributed by atoms with Crippen molar-refractivity contribution in [2.24, 2.45) is 5.92 Å². The topological polar surface area (TPSA) is 84.5 Å². The third kappa shape index (κ3) is 17.5. The molecule has 0 atom stereocenters. The molecule has 5 heteroatoms. The van der Waals surface area contributed by atoms with Gasteiger partial charge in [-0.2, -0.15) is 5.26 Å². The maximum atomic E-state index is 8.44. The number of rotatable bonds is 5. The smallest absolute Gasteiger partial charge is 0.402 e. The molecular weight excluding hydrogens is 181 g/mol. The Kier molecular flexibility index (Phi) is 14.1. The van der Waals surface area contributed by atoms with E-state index in [1.54, 1.807) is 0 Å². The van der Waals surface area contributed by atoms with Crippen molar-refractivity contribution in [2.75, 3.05) is 0 Å². The molecule has 0 spiro atoms. The zero-order valence-electron chi connectivity index (χ0n) is 8.98. The summed E-state index contributed by atoms with van der Waals surface area (Å²) >= 11 is 0. The Morgan fingerprint density at radius 2 is 1.50 bits per heavy atom. The molecule has 0 rings (SSSR count). The molecule has 0 aliphatic carbocycles. The second kappa shape index (κ2) is 12.4. The highest BCUT2D eigenvalue weighted by atomic mass is 16.5. The van der Waals surface area contributed by atoms with Gasteiger partial charge < -0.3 is 15.1 Å². The summed E-state index contributed by atoms with van der Waals surface area (Å²) in [7, 11) is -2.17. The molecular formula is C9H20BNO3. The van der Waals surface area contributed by atoms with Crippen molar-refractivity contribution in [1.82, 2.24) is 0 Å². The van der Waals surface area contributed by atoms with Crippen LogP contribution < -0.4 is 0 Å². The van der Waals surface area contributed by atoms with Gasteiger partial charge in [0, 0.05) is 6.42 Å². The first-order valence-electron chi connectivity index (χ1n) is 4.99. The highest BCUT2D eigenvalue weighted by Crippen LogP contribution is 2.16. The molecule has 3 N–H and O–H groups in total. The van der Waals surface area contributed by atoms with Crippen molar-refractivity contribution >= 4 is 7.32 Å². The zero-order valence-corrected chi connectivity index (χ0v) is 8.98. The van der Waals surface area contributed by atoms with Gasteiger partial charge in [-0.25, -0.2) is 0 Å². The van der Waals surface area contributed by atoms with Crippen LogP contribution in [0, 0.1) is 17.2 Å². The predicted molar refractivity (Wildman–Crippen MR) is 55.9 cm³/mol. The van der Waals surface area contributed by atoms with Crippen LogP contribution in [0.15, 0.2) is 0 Å². The Hall–Kier alpha value is -0.565. The van der Waals surface area contributed by atoms with Gasteiger partial charge >= 0.3 is 7.32 Å². The lowest BCUT2D eigenvalue weighted by atomic mass is 9.96. The molecule has 82 valence electrons. The van der Waals surface area contributed by atoms with Gasteiger partial charge in [-0.1, -0.05) is 26.7 Å². The Bertz CT molecular complexity index is 139. The van der Waals surface area contributed by atoms with Gasteiger partial charge in [-0.15, -0.1) is 0 Å². The van der Waals surface area contributed by atoms with E-state index in [9.17, 15) is 0 Å². The Morgan fingerprint density at radius 3 is 1.71 bits per heavy atom. The van der Waals surface area contributed by atoms with Crippen molar-refractivity contribution in [2.45, 2.75) is 46.0 Å². The fraction of sp³-hybridized carbons (Fsp3) is 0.889. The van der Waals surface area contributed by atoms with E-state index < -0.39 is 7.32 Å². The number of hydrogen-bond acceptors (Lipinski definition) is 4. The van der Waals surface area contributed by atoms with Crippen LogP contribution in [0.25, 0.3) is 0 Å². The standard InChI is InChI=1S/C9H17N.BH3O3/c1-3-5-9(6-4-2)7-8-10;2-1(3)4/h9H,3-7H2,1-2H3;2-4H. The van der Waals surface area contributed by atoms with E-state index in [1.807, 2.05) is 0 Å². The largest absolute Gasteiger partial charge is 0.631 e. The molecule has 0 aromatic carbocycles. The molecule has 0 fully saturated rings. The van der Waals surface area contributed by atoms with Crippen LogP contribution in [0.3, 0.4) is 0 Å². The lowest BCUT2D eigenvalue weighted by molar-refractivity contribution is 0.278. The van der Waals surface area contributed by atoms with Gasteiger partial charge in [0.2, 0.25) is 0 Å². The zero-order chi connectivity index (χ0) is 11.4. The maximum Gasteiger partial charge on any atom is 0.631 e. The second-order valence-electron chi connectivity index (χ2n) is 3.15. The van der Waals surface area contributed by atoms with E-state index in [4.69, 9.17) is 20.3 Å². The van der Waals surface area contributed by atoms with Crippen molar-refractivity contribution in [1.29, 1.82) is 5.26 Å². The van der Waals surface area contributed by atoms with Crippen LogP contribution in [-0.4, -0.2) is 22.4 Å². The lowest BCUT2D eigenvalue weighted by Gasteiger charge is -2.09. The minimum absolute atomic E-state index is 0.667. The van der Waals surface area contributed by atoms with Gasteiger partial charge in [-0.05, 0) is 18.8 Å². The van der Waals surface area contributed by atoms with Gasteiger partial charge in [0.05, 0.1) is 6.07 Å². The highest BCUT2D eigenvalue weighted by molar-refractivity contribution is 6.30. The van der Waals surface area contributed by atoms with Crippen molar-refractivity contribution in [3.63, 3.8) is 0 Å². The van der Waals surface area contributed by atoms with E-state index >= 15 is 0 Å². The molecule has 0 saturated carbocycles. The Balaban J connectivity index is 0. The monoisotopic (exact) mass is 201 g/mol. The van der Waals surface area contributed by atoms with Crippen LogP contribution >= 0.6 is 0 Å². The first kappa shape index (κ1) is 15.9. The molecule has 0 heterocycles. The molecule has 0 saturated heterocycles. The van der Waals surface area contributed by atoms with Gasteiger partial charge in [0.1, 0.15) is 0 Å². The Morgan fingerprint density at radius 1 is 1.14 bits per heavy atom. The second-order valence-corrected chi connectivity index (χ2v) is 3.15. The summed E-state index contributed by atoms with van der Waals surface area (Å²) in [5.74, 6) is 0.667. The van der Waals surface area contributed by atoms with Crippen molar-refractivity contribution in [3.05, 3.63) is 0 Å². The fourth-order valence-electron chi connectivity index (χ4n) is 1.29. The van der Waals surface area contributed by atoms with E-state index in [-0.39, 0.29) is 0 Å². The van der Waals surface area contributed by atoms with Gasteiger partial charge in [0.25, 0.3) is 0 Å². The van der Waals surface area contributed by atoms with E-state index in [0.29, 0.717) is 5.92 Å². The molecule has 0 aromatic heterocycles. The molecule has 0 aromatic rings. The average Bonchev–Trinajstić information content (AvgIpc) is 2.04. The van der Waals surface area contributed by atoms with Crippen LogP contribution in [-0.2, 0) is 0 Å². The highest BCUT2D eigenvalue weighted by Gasteiger charge is 2.04. The summed E-state index contributed by atoms with van der Waals surface area (Å²) < 4.78 is 0. The van der Waals surface area contributed by atoms with Crippen molar-refractivity contribution in [3.8, 4) is 6.07 Å². The summed E-state index contributed by atoms with van der Waals surface area (Å²) in [6.45, 7) is 4.36. The van der Waals surface area contributed by atoms with Crippen LogP contribution in [0.4, 0.5) is 0 Å². The Labute approximate surface area is 86.4 Å². The first-order chi connectivity index (χ1) is 6.58. The molecule has 0 aliphatic heterocycles. The summed E-state index contributed by atoms with van der Waals surface area (Å²) in [4.78, 5) is 0. The molecule has 0 aliphatic rings. The molecule has 0 amide bonds. The molecule has 4 nitrogen and oxygen atoms in total. The maximum absolute atomic E-state index is 8.44. The normalized spacial score (nSPS) is 8.93. The minimum Gasteiger partial charge on any atom is -0.402 e. The van der Waals surface area contributed by atoms with Crippen LogP contribution in [0.2, 0.25) is 0 Å². The summed E-state index contributed by atoms with van der Waals surface area (Å²) in [5.41, 5.74) is 0. The number of nitriles is 1. The fourth-order valence-corrected chi connectivity index (χ4v) is 1.29. The van der Waals surface area contributed by atoms with Gasteiger partial charge in [0.15, 0.2) is 0 Å².